The van der Waals surface area contributed by atoms with E-state index in [4.69, 9.17) is 9.47 Å². The van der Waals surface area contributed by atoms with E-state index in [-0.39, 0.29) is 12.2 Å². The number of hydrogen-bond acceptors (Lipinski definition) is 5. The van der Waals surface area contributed by atoms with Crippen LogP contribution in [-0.4, -0.2) is 37.5 Å². The molecular weight excluding hydrogens is 391 g/mol. The lowest BCUT2D eigenvalue weighted by atomic mass is 10.2. The Kier molecular flexibility index (Phi) is 8.80. The summed E-state index contributed by atoms with van der Waals surface area (Å²) in [6.45, 7) is 3.35. The first-order chi connectivity index (χ1) is 14.4. The Bertz CT molecular complexity index is 884. The topological polar surface area (TPSA) is 93.7 Å². The van der Waals surface area contributed by atoms with Crippen LogP contribution in [-0.2, 0) is 14.3 Å². The number of benzene rings is 2. The summed E-state index contributed by atoms with van der Waals surface area (Å²) in [6, 6.07) is 10.8. The summed E-state index contributed by atoms with van der Waals surface area (Å²) in [7, 11) is 0. The van der Waals surface area contributed by atoms with Crippen molar-refractivity contribution in [1.82, 2.24) is 5.32 Å². The number of carbonyl (C=O) groups is 3. The molecule has 0 radical (unpaired) electrons. The van der Waals surface area contributed by atoms with Crippen molar-refractivity contribution in [3.05, 3.63) is 59.4 Å². The zero-order valence-corrected chi connectivity index (χ0v) is 17.0. The van der Waals surface area contributed by atoms with Crippen molar-refractivity contribution in [2.75, 3.05) is 25.1 Å². The van der Waals surface area contributed by atoms with E-state index in [0.29, 0.717) is 23.5 Å². The quantitative estimate of drug-likeness (QED) is 0.458. The van der Waals surface area contributed by atoms with E-state index in [2.05, 4.69) is 17.6 Å². The molecule has 160 valence electrons. The van der Waals surface area contributed by atoms with Gasteiger partial charge in [0.2, 0.25) is 0 Å². The predicted octanol–water partition coefficient (Wildman–Crippen LogP) is 3.22. The van der Waals surface area contributed by atoms with Gasteiger partial charge in [-0.3, -0.25) is 14.4 Å². The number of rotatable bonds is 10. The lowest BCUT2D eigenvalue weighted by molar-refractivity contribution is -0.146. The zero-order valence-electron chi connectivity index (χ0n) is 17.0. The number of anilines is 1. The van der Waals surface area contributed by atoms with Crippen molar-refractivity contribution in [2.24, 2.45) is 0 Å². The molecular formula is C22H25FN2O5. The molecule has 7 nitrogen and oxygen atoms in total. The van der Waals surface area contributed by atoms with Crippen molar-refractivity contribution in [2.45, 2.75) is 26.7 Å². The highest BCUT2D eigenvalue weighted by Crippen LogP contribution is 2.14. The maximum absolute atomic E-state index is 13.5. The monoisotopic (exact) mass is 416 g/mol. The van der Waals surface area contributed by atoms with Crippen LogP contribution in [0, 0.1) is 12.7 Å². The van der Waals surface area contributed by atoms with E-state index in [9.17, 15) is 18.8 Å². The number of aryl methyl sites for hydroxylation is 1. The fourth-order valence-corrected chi connectivity index (χ4v) is 2.36. The Labute approximate surface area is 174 Å². The van der Waals surface area contributed by atoms with Crippen molar-refractivity contribution in [3.8, 4) is 5.75 Å². The summed E-state index contributed by atoms with van der Waals surface area (Å²) in [5.41, 5.74) is 1.08. The van der Waals surface area contributed by atoms with Gasteiger partial charge in [0, 0.05) is 11.3 Å². The predicted molar refractivity (Wildman–Crippen MR) is 110 cm³/mol. The number of carbonyl (C=O) groups excluding carboxylic acids is 3. The molecule has 0 aliphatic rings. The number of nitrogens with one attached hydrogen (secondary N) is 2. The molecule has 0 aliphatic carbocycles. The minimum Gasteiger partial charge on any atom is -0.494 e. The summed E-state index contributed by atoms with van der Waals surface area (Å²) >= 11 is 0. The SMILES string of the molecule is CCCCOc1ccc(C(=O)NCC(=O)OCC(=O)Nc2ccc(C)c(F)c2)cc1. The molecule has 30 heavy (non-hydrogen) atoms. The van der Waals surface area contributed by atoms with Crippen LogP contribution in [0.1, 0.15) is 35.7 Å². The smallest absolute Gasteiger partial charge is 0.325 e. The van der Waals surface area contributed by atoms with Crippen LogP contribution in [0.2, 0.25) is 0 Å². The molecule has 2 amide bonds. The van der Waals surface area contributed by atoms with E-state index >= 15 is 0 Å². The molecule has 2 aromatic rings. The standard InChI is InChI=1S/C22H25FN2O5/c1-3-4-11-29-18-9-6-16(7-10-18)22(28)24-13-21(27)30-14-20(26)25-17-8-5-15(2)19(23)12-17/h5-10,12H,3-4,11,13-14H2,1-2H3,(H,24,28)(H,25,26). The van der Waals surface area contributed by atoms with Gasteiger partial charge in [0.25, 0.3) is 11.8 Å². The maximum atomic E-state index is 13.5. The number of amides is 2. The first-order valence-corrected chi connectivity index (χ1v) is 9.61. The molecule has 0 saturated carbocycles. The Morgan fingerprint density at radius 3 is 2.47 bits per heavy atom. The minimum absolute atomic E-state index is 0.259. The van der Waals surface area contributed by atoms with Gasteiger partial charge in [0.15, 0.2) is 6.61 Å². The van der Waals surface area contributed by atoms with E-state index < -0.39 is 30.2 Å². The Morgan fingerprint density at radius 1 is 1.07 bits per heavy atom. The Balaban J connectivity index is 1.71. The third kappa shape index (κ3) is 7.54. The number of esters is 1. The normalized spacial score (nSPS) is 10.2. The summed E-state index contributed by atoms with van der Waals surface area (Å²) in [6.07, 6.45) is 1.98. The van der Waals surface area contributed by atoms with Crippen molar-refractivity contribution < 1.29 is 28.2 Å². The van der Waals surface area contributed by atoms with Crippen LogP contribution in [0.25, 0.3) is 0 Å². The van der Waals surface area contributed by atoms with Crippen LogP contribution in [0.15, 0.2) is 42.5 Å². The van der Waals surface area contributed by atoms with Gasteiger partial charge in [-0.1, -0.05) is 19.4 Å². The summed E-state index contributed by atoms with van der Waals surface area (Å²) in [5, 5.41) is 4.85. The maximum Gasteiger partial charge on any atom is 0.325 e. The summed E-state index contributed by atoms with van der Waals surface area (Å²) < 4.78 is 23.8. The van der Waals surface area contributed by atoms with Crippen molar-refractivity contribution >= 4 is 23.5 Å². The van der Waals surface area contributed by atoms with Gasteiger partial charge >= 0.3 is 5.97 Å². The van der Waals surface area contributed by atoms with Crippen LogP contribution in [0.5, 0.6) is 5.75 Å². The van der Waals surface area contributed by atoms with E-state index in [1.807, 2.05) is 0 Å². The first kappa shape index (κ1) is 22.9. The van der Waals surface area contributed by atoms with Crippen molar-refractivity contribution in [1.29, 1.82) is 0 Å². The molecule has 0 aromatic heterocycles. The fraction of sp³-hybridized carbons (Fsp3) is 0.318. The van der Waals surface area contributed by atoms with Gasteiger partial charge < -0.3 is 20.1 Å². The number of hydrogen-bond donors (Lipinski definition) is 2. The second-order valence-electron chi connectivity index (χ2n) is 6.58. The number of halogens is 1. The Morgan fingerprint density at radius 2 is 1.80 bits per heavy atom. The molecule has 0 bridgehead atoms. The molecule has 2 aromatic carbocycles. The molecule has 0 aliphatic heterocycles. The highest BCUT2D eigenvalue weighted by molar-refractivity contribution is 5.96. The van der Waals surface area contributed by atoms with E-state index in [0.717, 1.165) is 12.8 Å². The largest absolute Gasteiger partial charge is 0.494 e. The van der Waals surface area contributed by atoms with Crippen LogP contribution < -0.4 is 15.4 Å². The summed E-state index contributed by atoms with van der Waals surface area (Å²) in [4.78, 5) is 35.6. The highest BCUT2D eigenvalue weighted by Gasteiger charge is 2.12. The van der Waals surface area contributed by atoms with Gasteiger partial charge in [-0.15, -0.1) is 0 Å². The molecule has 8 heteroatoms. The zero-order chi connectivity index (χ0) is 21.9. The summed E-state index contributed by atoms with van der Waals surface area (Å²) in [5.74, 6) is -1.62. The molecule has 0 saturated heterocycles. The van der Waals surface area contributed by atoms with Crippen LogP contribution in [0.4, 0.5) is 10.1 Å². The molecule has 0 spiro atoms. The first-order valence-electron chi connectivity index (χ1n) is 9.61. The number of unbranched alkanes of at least 4 members (excludes halogenated alkanes) is 1. The highest BCUT2D eigenvalue weighted by atomic mass is 19.1. The van der Waals surface area contributed by atoms with Crippen molar-refractivity contribution in [3.63, 3.8) is 0 Å². The van der Waals surface area contributed by atoms with Gasteiger partial charge in [0.05, 0.1) is 6.61 Å². The molecule has 0 heterocycles. The molecule has 2 rings (SSSR count). The number of ether oxygens (including phenoxy) is 2. The molecule has 0 fully saturated rings. The van der Waals surface area contributed by atoms with Gasteiger partial charge in [-0.05, 0) is 55.3 Å². The minimum atomic E-state index is -0.770. The van der Waals surface area contributed by atoms with E-state index in [1.165, 1.54) is 12.1 Å². The third-order valence-corrected chi connectivity index (χ3v) is 4.10. The lowest BCUT2D eigenvalue weighted by Crippen LogP contribution is -2.32. The average Bonchev–Trinajstić information content (AvgIpc) is 2.74. The van der Waals surface area contributed by atoms with E-state index in [1.54, 1.807) is 37.3 Å². The lowest BCUT2D eigenvalue weighted by Gasteiger charge is -2.09. The van der Waals surface area contributed by atoms with Crippen LogP contribution >= 0.6 is 0 Å². The van der Waals surface area contributed by atoms with Gasteiger partial charge in [-0.2, -0.15) is 0 Å². The van der Waals surface area contributed by atoms with Crippen LogP contribution in [0.3, 0.4) is 0 Å². The molecule has 0 atom stereocenters. The average molecular weight is 416 g/mol. The second-order valence-corrected chi connectivity index (χ2v) is 6.58. The second kappa shape index (κ2) is 11.5. The van der Waals surface area contributed by atoms with Gasteiger partial charge in [-0.25, -0.2) is 4.39 Å². The van der Waals surface area contributed by atoms with Gasteiger partial charge in [0.1, 0.15) is 18.1 Å². The molecule has 2 N–H and O–H groups in total. The Hall–Kier alpha value is -3.42. The fourth-order valence-electron chi connectivity index (χ4n) is 2.36. The molecule has 0 unspecified atom stereocenters. The third-order valence-electron chi connectivity index (χ3n) is 4.10.